The number of benzene rings is 3. The molecule has 0 unspecified atom stereocenters. The maximum absolute atomic E-state index is 12.6. The number of anilines is 1. The van der Waals surface area contributed by atoms with Crippen molar-refractivity contribution in [1.29, 1.82) is 0 Å². The minimum atomic E-state index is -4.39. The number of amides is 3. The Morgan fingerprint density at radius 2 is 1.45 bits per heavy atom. The van der Waals surface area contributed by atoms with Gasteiger partial charge in [0.2, 0.25) is 5.91 Å². The van der Waals surface area contributed by atoms with Gasteiger partial charge in [0.1, 0.15) is 6.04 Å². The van der Waals surface area contributed by atoms with E-state index in [2.05, 4.69) is 16.0 Å². The summed E-state index contributed by atoms with van der Waals surface area (Å²) in [6.07, 6.45) is -4.39. The molecule has 9 nitrogen and oxygen atoms in total. The zero-order chi connectivity index (χ0) is 27.7. The number of rotatable bonds is 10. The minimum absolute atomic E-state index is 0.0305. The van der Waals surface area contributed by atoms with E-state index in [1.165, 1.54) is 17.6 Å². The van der Waals surface area contributed by atoms with Crippen LogP contribution in [0.25, 0.3) is 11.1 Å². The molecule has 3 aromatic carbocycles. The fourth-order valence-corrected chi connectivity index (χ4v) is 3.45. The lowest BCUT2D eigenvalue weighted by Gasteiger charge is -2.14. The van der Waals surface area contributed by atoms with Crippen LogP contribution in [-0.4, -0.2) is 42.1 Å². The van der Waals surface area contributed by atoms with Crippen LogP contribution < -0.4 is 27.2 Å². The van der Waals surface area contributed by atoms with Crippen LogP contribution in [0.1, 0.15) is 21.5 Å². The topological polar surface area (TPSA) is 146 Å². The molecule has 0 saturated heterocycles. The monoisotopic (exact) mass is 529 g/mol. The third kappa shape index (κ3) is 7.87. The fourth-order valence-electron chi connectivity index (χ4n) is 3.45. The molecule has 7 N–H and O–H groups in total. The van der Waals surface area contributed by atoms with Gasteiger partial charge in [-0.1, -0.05) is 36.4 Å². The fraction of sp³-hybridized carbons (Fsp3) is 0.192. The van der Waals surface area contributed by atoms with Gasteiger partial charge in [-0.15, -0.1) is 0 Å². The van der Waals surface area contributed by atoms with E-state index in [-0.39, 0.29) is 25.5 Å². The maximum atomic E-state index is 12.6. The highest BCUT2D eigenvalue weighted by Gasteiger charge is 2.29. The predicted molar refractivity (Wildman–Crippen MR) is 134 cm³/mol. The number of carbonyl (C=O) groups is 3. The number of hydroxylamine groups is 1. The molecule has 1 atom stereocenters. The van der Waals surface area contributed by atoms with Crippen molar-refractivity contribution < 1.29 is 32.8 Å². The van der Waals surface area contributed by atoms with Gasteiger partial charge in [-0.3, -0.25) is 19.6 Å². The van der Waals surface area contributed by atoms with Crippen molar-refractivity contribution in [3.8, 4) is 11.1 Å². The summed E-state index contributed by atoms with van der Waals surface area (Å²) >= 11 is 0. The SMILES string of the molecule is NC[C@H](NC(=O)c1ccc(-c2ccc(NC(=O)CNCc3ccc(C(F)(F)F)cc3)cc2)cc1)C(=O)NO. The van der Waals surface area contributed by atoms with Crippen LogP contribution in [0, 0.1) is 0 Å². The van der Waals surface area contributed by atoms with E-state index in [0.29, 0.717) is 16.8 Å². The van der Waals surface area contributed by atoms with E-state index >= 15 is 0 Å². The van der Waals surface area contributed by atoms with E-state index in [0.717, 1.165) is 23.3 Å². The van der Waals surface area contributed by atoms with Crippen LogP contribution in [-0.2, 0) is 22.3 Å². The first-order chi connectivity index (χ1) is 18.1. The lowest BCUT2D eigenvalue weighted by molar-refractivity contribution is -0.137. The van der Waals surface area contributed by atoms with E-state index in [1.807, 2.05) is 0 Å². The van der Waals surface area contributed by atoms with Crippen LogP contribution in [0.2, 0.25) is 0 Å². The molecule has 0 aliphatic rings. The zero-order valence-corrected chi connectivity index (χ0v) is 20.0. The van der Waals surface area contributed by atoms with E-state index < -0.39 is 29.6 Å². The summed E-state index contributed by atoms with van der Waals surface area (Å²) in [5.74, 6) is -1.66. The van der Waals surface area contributed by atoms with Gasteiger partial charge >= 0.3 is 6.18 Å². The lowest BCUT2D eigenvalue weighted by Crippen LogP contribution is -2.50. The Labute approximate surface area is 216 Å². The number of alkyl halides is 3. The summed E-state index contributed by atoms with van der Waals surface area (Å²) in [6, 6.07) is 17.2. The second-order valence-corrected chi connectivity index (χ2v) is 8.24. The average molecular weight is 530 g/mol. The van der Waals surface area contributed by atoms with Crippen molar-refractivity contribution in [2.24, 2.45) is 5.73 Å². The third-order valence-corrected chi connectivity index (χ3v) is 5.51. The maximum Gasteiger partial charge on any atom is 0.416 e. The van der Waals surface area contributed by atoms with Gasteiger partial charge in [-0.05, 0) is 53.1 Å². The number of halogens is 3. The van der Waals surface area contributed by atoms with Gasteiger partial charge in [-0.2, -0.15) is 13.2 Å². The van der Waals surface area contributed by atoms with Crippen molar-refractivity contribution in [1.82, 2.24) is 16.1 Å². The van der Waals surface area contributed by atoms with E-state index in [4.69, 9.17) is 10.9 Å². The third-order valence-electron chi connectivity index (χ3n) is 5.51. The summed E-state index contributed by atoms with van der Waals surface area (Å²) in [5, 5.41) is 16.7. The highest BCUT2D eigenvalue weighted by atomic mass is 19.4. The molecule has 0 heterocycles. The highest BCUT2D eigenvalue weighted by molar-refractivity contribution is 5.98. The number of nitrogens with two attached hydrogens (primary N) is 1. The summed E-state index contributed by atoms with van der Waals surface area (Å²) in [5.41, 5.74) is 9.26. The first-order valence-corrected chi connectivity index (χ1v) is 11.4. The second kappa shape index (κ2) is 12.8. The molecular formula is C26H26F3N5O4. The van der Waals surface area contributed by atoms with Gasteiger partial charge < -0.3 is 21.7 Å². The summed E-state index contributed by atoms with van der Waals surface area (Å²) in [6.45, 7) is 0.0195. The largest absolute Gasteiger partial charge is 0.416 e. The van der Waals surface area contributed by atoms with Gasteiger partial charge in [0, 0.05) is 24.3 Å². The molecule has 3 amide bonds. The number of hydrogen-bond acceptors (Lipinski definition) is 6. The molecule has 3 aromatic rings. The molecule has 0 fully saturated rings. The first kappa shape index (κ1) is 28.3. The number of hydrogen-bond donors (Lipinski definition) is 6. The first-order valence-electron chi connectivity index (χ1n) is 11.4. The number of nitrogens with one attached hydrogen (secondary N) is 4. The Morgan fingerprint density at radius 1 is 0.868 bits per heavy atom. The Bertz CT molecular complexity index is 1250. The molecule has 12 heteroatoms. The molecule has 0 aliphatic heterocycles. The van der Waals surface area contributed by atoms with Crippen LogP contribution in [0.5, 0.6) is 0 Å². The molecule has 200 valence electrons. The molecule has 0 aliphatic carbocycles. The minimum Gasteiger partial charge on any atom is -0.339 e. The van der Waals surface area contributed by atoms with Gasteiger partial charge in [-0.25, -0.2) is 5.48 Å². The molecule has 38 heavy (non-hydrogen) atoms. The normalized spacial score (nSPS) is 11.9. The second-order valence-electron chi connectivity index (χ2n) is 8.24. The van der Waals surface area contributed by atoms with Crippen LogP contribution in [0.3, 0.4) is 0 Å². The summed E-state index contributed by atoms with van der Waals surface area (Å²) in [4.78, 5) is 36.0. The Hall–Kier alpha value is -4.26. The van der Waals surface area contributed by atoms with E-state index in [9.17, 15) is 27.6 Å². The summed E-state index contributed by atoms with van der Waals surface area (Å²) in [7, 11) is 0. The lowest BCUT2D eigenvalue weighted by atomic mass is 10.0. The quantitative estimate of drug-likeness (QED) is 0.176. The highest BCUT2D eigenvalue weighted by Crippen LogP contribution is 2.29. The molecule has 0 aromatic heterocycles. The molecule has 0 spiro atoms. The standard InChI is InChI=1S/C26H26F3N5O4/c27-26(28,29)20-9-1-16(2-10-20)14-31-15-23(35)32-21-11-7-18(8-12-21)17-3-5-19(6-4-17)24(36)33-22(13-30)25(37)34-38/h1-12,22,31,38H,13-15,30H2,(H,32,35)(H,33,36)(H,34,37)/t22-/m0/s1. The predicted octanol–water partition coefficient (Wildman–Crippen LogP) is 2.66. The molecule has 0 radical (unpaired) electrons. The van der Waals surface area contributed by atoms with Crippen molar-refractivity contribution in [3.63, 3.8) is 0 Å². The van der Waals surface area contributed by atoms with E-state index in [1.54, 1.807) is 48.5 Å². The van der Waals surface area contributed by atoms with Gasteiger partial charge in [0.05, 0.1) is 12.1 Å². The van der Waals surface area contributed by atoms with Crippen molar-refractivity contribution in [2.75, 3.05) is 18.4 Å². The van der Waals surface area contributed by atoms with Crippen LogP contribution in [0.15, 0.2) is 72.8 Å². The van der Waals surface area contributed by atoms with Crippen molar-refractivity contribution in [3.05, 3.63) is 89.5 Å². The molecule has 0 bridgehead atoms. The Kier molecular flexibility index (Phi) is 9.55. The van der Waals surface area contributed by atoms with Crippen LogP contribution >= 0.6 is 0 Å². The van der Waals surface area contributed by atoms with Gasteiger partial charge in [0.25, 0.3) is 11.8 Å². The molecular weight excluding hydrogens is 503 g/mol. The zero-order valence-electron chi connectivity index (χ0n) is 20.0. The number of carbonyl (C=O) groups excluding carboxylic acids is 3. The van der Waals surface area contributed by atoms with Crippen LogP contribution in [0.4, 0.5) is 18.9 Å². The Morgan fingerprint density at radius 3 is 1.97 bits per heavy atom. The average Bonchev–Trinajstić information content (AvgIpc) is 2.91. The smallest absolute Gasteiger partial charge is 0.339 e. The Balaban J connectivity index is 1.49. The van der Waals surface area contributed by atoms with Crippen molar-refractivity contribution in [2.45, 2.75) is 18.8 Å². The molecule has 0 saturated carbocycles. The van der Waals surface area contributed by atoms with Crippen molar-refractivity contribution >= 4 is 23.4 Å². The van der Waals surface area contributed by atoms with Gasteiger partial charge in [0.15, 0.2) is 0 Å². The summed E-state index contributed by atoms with van der Waals surface area (Å²) < 4.78 is 37.9. The molecule has 3 rings (SSSR count).